The van der Waals surface area contributed by atoms with Crippen molar-refractivity contribution in [2.75, 3.05) is 20.2 Å². The average Bonchev–Trinajstić information content (AvgIpc) is 2.97. The number of pyridine rings is 1. The number of nitrogens with zero attached hydrogens (tertiary/aromatic N) is 2. The van der Waals surface area contributed by atoms with Crippen LogP contribution in [0.4, 0.5) is 4.79 Å². The Morgan fingerprint density at radius 3 is 2.26 bits per heavy atom. The highest BCUT2D eigenvalue weighted by atomic mass is 79.9. The number of aromatic nitrogens is 1. The van der Waals surface area contributed by atoms with Gasteiger partial charge in [0.2, 0.25) is 0 Å². The van der Waals surface area contributed by atoms with Crippen LogP contribution < -0.4 is 27.0 Å². The van der Waals surface area contributed by atoms with Crippen molar-refractivity contribution < 1.29 is 35.7 Å². The van der Waals surface area contributed by atoms with E-state index in [-0.39, 0.29) is 39.9 Å². The number of quaternary nitrogens is 1. The van der Waals surface area contributed by atoms with Crippen molar-refractivity contribution in [2.45, 2.75) is 110 Å². The molecule has 0 spiro atoms. The number of ether oxygens (including phenoxy) is 2. The Labute approximate surface area is 293 Å². The minimum atomic E-state index is -0.610. The predicted octanol–water partition coefficient (Wildman–Crippen LogP) is 6.02. The maximum atomic E-state index is 13.6. The molecule has 6 rings (SSSR count). The number of methoxy groups -OCH3 is 1. The molecule has 3 aromatic rings. The molecule has 256 valence electrons. The number of halogens is 1. The molecule has 0 aliphatic carbocycles. The fourth-order valence-corrected chi connectivity index (χ4v) is 7.78. The zero-order valence-corrected chi connectivity index (χ0v) is 31.8. The van der Waals surface area contributed by atoms with Gasteiger partial charge >= 0.3 is 6.09 Å². The van der Waals surface area contributed by atoms with Crippen LogP contribution in [0.25, 0.3) is 10.9 Å². The van der Waals surface area contributed by atoms with Gasteiger partial charge in [-0.2, -0.15) is 0 Å². The normalized spacial score (nSPS) is 23.5. The second-order valence-electron chi connectivity index (χ2n) is 16.9. The summed E-state index contributed by atoms with van der Waals surface area (Å²) >= 11 is 0. The fraction of sp³-hybridized carbons (Fsp3) is 0.550. The summed E-state index contributed by atoms with van der Waals surface area (Å²) in [6, 6.07) is 15.2. The number of alkyl carbamates (subject to hydrolysis) is 1. The van der Waals surface area contributed by atoms with E-state index in [0.717, 1.165) is 59.2 Å². The SMILES string of the molecule is C=C[C@H]1C[N@+]2(Cc3cc(C(C)(C)C)cc(C(C)(C)C)c3)CC[C@H]1C[C@H]2[C@@H](NC(=O)OC(C)(C)C)c1ccnc2ccc(OC)cc12.[Br-]. The van der Waals surface area contributed by atoms with Crippen molar-refractivity contribution >= 4 is 17.0 Å². The Balaban J connectivity index is 0.00000500. The Kier molecular flexibility index (Phi) is 10.6. The Bertz CT molecular complexity index is 1570. The lowest BCUT2D eigenvalue weighted by atomic mass is 9.70. The maximum Gasteiger partial charge on any atom is 0.408 e. The van der Waals surface area contributed by atoms with Gasteiger partial charge in [0.1, 0.15) is 30.0 Å². The quantitative estimate of drug-likeness (QED) is 0.241. The number of fused-ring (bicyclic) bond motifs is 4. The van der Waals surface area contributed by atoms with Crippen LogP contribution in [0.15, 0.2) is 61.3 Å². The molecule has 5 atom stereocenters. The van der Waals surface area contributed by atoms with E-state index in [1.807, 2.05) is 39.1 Å². The number of hydrogen-bond donors (Lipinski definition) is 1. The zero-order valence-electron chi connectivity index (χ0n) is 30.2. The van der Waals surface area contributed by atoms with Crippen molar-refractivity contribution in [3.63, 3.8) is 0 Å². The Morgan fingerprint density at radius 1 is 1.02 bits per heavy atom. The highest BCUT2D eigenvalue weighted by Crippen LogP contribution is 2.48. The number of hydrogen-bond acceptors (Lipinski definition) is 4. The molecule has 47 heavy (non-hydrogen) atoms. The molecule has 0 unspecified atom stereocenters. The van der Waals surface area contributed by atoms with Crippen LogP contribution in [-0.2, 0) is 22.1 Å². The molecule has 3 aliphatic rings. The minimum absolute atomic E-state index is 0. The third-order valence-corrected chi connectivity index (χ3v) is 10.3. The van der Waals surface area contributed by atoms with Crippen molar-refractivity contribution in [3.8, 4) is 5.75 Å². The van der Waals surface area contributed by atoms with Crippen LogP contribution >= 0.6 is 0 Å². The van der Waals surface area contributed by atoms with Crippen molar-refractivity contribution in [1.29, 1.82) is 0 Å². The molecule has 0 saturated carbocycles. The summed E-state index contributed by atoms with van der Waals surface area (Å²) in [5, 5.41) is 4.41. The van der Waals surface area contributed by atoms with Gasteiger partial charge in [0.25, 0.3) is 0 Å². The molecule has 1 N–H and O–H groups in total. The summed E-state index contributed by atoms with van der Waals surface area (Å²) in [7, 11) is 1.69. The topological polar surface area (TPSA) is 60.5 Å². The van der Waals surface area contributed by atoms with Gasteiger partial charge in [-0.25, -0.2) is 4.79 Å². The summed E-state index contributed by atoms with van der Waals surface area (Å²) in [4.78, 5) is 18.3. The van der Waals surface area contributed by atoms with Gasteiger partial charge in [-0.3, -0.25) is 4.98 Å². The van der Waals surface area contributed by atoms with E-state index in [9.17, 15) is 4.79 Å². The molecule has 2 aromatic carbocycles. The monoisotopic (exact) mass is 705 g/mol. The highest BCUT2D eigenvalue weighted by Gasteiger charge is 2.55. The van der Waals surface area contributed by atoms with Crippen molar-refractivity contribution in [3.05, 3.63) is 83.6 Å². The van der Waals surface area contributed by atoms with E-state index in [2.05, 4.69) is 94.8 Å². The first-order valence-corrected chi connectivity index (χ1v) is 17.0. The third-order valence-electron chi connectivity index (χ3n) is 10.3. The molecule has 3 aliphatic heterocycles. The average molecular weight is 707 g/mol. The van der Waals surface area contributed by atoms with Gasteiger partial charge in [-0.05, 0) is 90.6 Å². The Hall–Kier alpha value is -2.90. The number of amides is 1. The number of piperidine rings is 3. The lowest BCUT2D eigenvalue weighted by molar-refractivity contribution is -0.983. The van der Waals surface area contributed by atoms with Gasteiger partial charge in [0.15, 0.2) is 0 Å². The van der Waals surface area contributed by atoms with Crippen LogP contribution in [0, 0.1) is 11.8 Å². The number of rotatable bonds is 7. The van der Waals surface area contributed by atoms with Gasteiger partial charge in [-0.1, -0.05) is 53.7 Å². The maximum absolute atomic E-state index is 13.6. The summed E-state index contributed by atoms with van der Waals surface area (Å²) in [5.74, 6) is 1.74. The first kappa shape index (κ1) is 36.9. The van der Waals surface area contributed by atoms with Crippen LogP contribution in [-0.4, -0.2) is 47.4 Å². The lowest BCUT2D eigenvalue weighted by Gasteiger charge is -2.59. The fourth-order valence-electron chi connectivity index (χ4n) is 7.78. The van der Waals surface area contributed by atoms with E-state index in [0.29, 0.717) is 11.8 Å². The molecule has 3 saturated heterocycles. The van der Waals surface area contributed by atoms with E-state index >= 15 is 0 Å². The van der Waals surface area contributed by atoms with E-state index in [1.54, 1.807) is 7.11 Å². The molecular weight excluding hydrogens is 650 g/mol. The Morgan fingerprint density at radius 2 is 1.68 bits per heavy atom. The molecule has 1 amide bonds. The van der Waals surface area contributed by atoms with Crippen LogP contribution in [0.3, 0.4) is 0 Å². The molecular formula is C40H56BrN3O3. The molecule has 0 radical (unpaired) electrons. The second kappa shape index (κ2) is 13.5. The lowest BCUT2D eigenvalue weighted by Crippen LogP contribution is -3.00. The molecule has 1 aromatic heterocycles. The predicted molar refractivity (Wildman–Crippen MR) is 188 cm³/mol. The highest BCUT2D eigenvalue weighted by molar-refractivity contribution is 5.84. The molecule has 2 bridgehead atoms. The minimum Gasteiger partial charge on any atom is -1.00 e. The van der Waals surface area contributed by atoms with E-state index < -0.39 is 11.7 Å². The van der Waals surface area contributed by atoms with Gasteiger partial charge in [-0.15, -0.1) is 6.58 Å². The smallest absolute Gasteiger partial charge is 0.408 e. The van der Waals surface area contributed by atoms with Crippen molar-refractivity contribution in [2.24, 2.45) is 11.8 Å². The van der Waals surface area contributed by atoms with Crippen LogP contribution in [0.5, 0.6) is 5.75 Å². The zero-order chi connectivity index (χ0) is 33.7. The molecule has 7 heteroatoms. The van der Waals surface area contributed by atoms with Crippen molar-refractivity contribution in [1.82, 2.24) is 10.3 Å². The van der Waals surface area contributed by atoms with Gasteiger partial charge in [0.05, 0.1) is 25.7 Å². The standard InChI is InChI=1S/C40H55N3O3.BrH/c1-12-27-25-43(24-26-19-29(38(2,3)4)22-30(20-26)39(5,6)7)18-16-28(27)21-35(43)36(42-37(44)46-40(8,9)10)32-15-17-41-34-14-13-31(45-11)23-33(32)34;/h12-15,17,19-20,22-23,27-28,35-36H,1,16,18,21,24-25H2,2-11H3;1H/t27-,28-,35-,36-,43+;/m0./s1. The number of carbonyl (C=O) groups is 1. The summed E-state index contributed by atoms with van der Waals surface area (Å²) in [6.45, 7) is 26.8. The molecule has 6 nitrogen and oxygen atoms in total. The summed E-state index contributed by atoms with van der Waals surface area (Å²) in [6.07, 6.45) is 5.81. The number of nitrogens with one attached hydrogen (secondary N) is 1. The first-order chi connectivity index (χ1) is 21.4. The van der Waals surface area contributed by atoms with Crippen LogP contribution in [0.1, 0.15) is 103 Å². The third kappa shape index (κ3) is 8.05. The number of benzene rings is 2. The summed E-state index contributed by atoms with van der Waals surface area (Å²) in [5.41, 5.74) is 5.49. The van der Waals surface area contributed by atoms with Gasteiger partial charge < -0.3 is 36.3 Å². The van der Waals surface area contributed by atoms with E-state index in [4.69, 9.17) is 9.47 Å². The largest absolute Gasteiger partial charge is 1.00 e. The molecule has 3 fully saturated rings. The number of carbonyl (C=O) groups excluding carboxylic acids is 1. The van der Waals surface area contributed by atoms with E-state index in [1.165, 1.54) is 16.7 Å². The second-order valence-corrected chi connectivity index (χ2v) is 16.9. The molecule has 4 heterocycles. The first-order valence-electron chi connectivity index (χ1n) is 17.0. The summed E-state index contributed by atoms with van der Waals surface area (Å²) < 4.78 is 12.4. The van der Waals surface area contributed by atoms with Crippen LogP contribution in [0.2, 0.25) is 0 Å². The van der Waals surface area contributed by atoms with Gasteiger partial charge in [0, 0.05) is 35.9 Å².